The van der Waals surface area contributed by atoms with Crippen molar-refractivity contribution < 1.29 is 9.53 Å². The zero-order valence-corrected chi connectivity index (χ0v) is 25.7. The van der Waals surface area contributed by atoms with Gasteiger partial charge < -0.3 is 29.4 Å². The van der Waals surface area contributed by atoms with Crippen LogP contribution in [-0.4, -0.2) is 73.7 Å². The predicted molar refractivity (Wildman–Crippen MR) is 173 cm³/mol. The number of rotatable bonds is 7. The number of carbonyl (C=O) groups is 1. The molecule has 2 N–H and O–H groups in total. The van der Waals surface area contributed by atoms with Crippen LogP contribution in [0.15, 0.2) is 55.0 Å². The van der Waals surface area contributed by atoms with Crippen LogP contribution in [0.1, 0.15) is 47.6 Å². The molecule has 2 bridgehead atoms. The van der Waals surface area contributed by atoms with Crippen molar-refractivity contribution in [1.82, 2.24) is 29.0 Å². The lowest BCUT2D eigenvalue weighted by molar-refractivity contribution is 0.0700. The Bertz CT molecular complexity index is 2070. The molecule has 5 aromatic rings. The first-order valence-corrected chi connectivity index (χ1v) is 16.2. The van der Waals surface area contributed by atoms with E-state index in [-0.39, 0.29) is 24.0 Å². The fourth-order valence-electron chi connectivity index (χ4n) is 7.96. The third kappa shape index (κ3) is 4.20. The second kappa shape index (κ2) is 10.3. The van der Waals surface area contributed by atoms with Crippen molar-refractivity contribution in [1.29, 1.82) is 5.26 Å². The molecular formula is C35H35N9O2. The number of piperidine rings is 1. The summed E-state index contributed by atoms with van der Waals surface area (Å²) in [5.41, 5.74) is 12.1. The van der Waals surface area contributed by atoms with Crippen LogP contribution in [-0.2, 0) is 6.54 Å². The molecule has 0 radical (unpaired) electrons. The second-order valence-electron chi connectivity index (χ2n) is 13.4. The van der Waals surface area contributed by atoms with E-state index < -0.39 is 0 Å². The van der Waals surface area contributed by atoms with Crippen LogP contribution in [0, 0.1) is 23.2 Å². The molecule has 2 saturated heterocycles. The SMILES string of the molecule is COc1cc(C(=O)N2CC3CCC2[C@@H]3N)cc2nc(-c3cc4cccnc4n3CC3CC3)n(C3CN(c4cncc(C#N)c4)C3)c12. The first kappa shape index (κ1) is 27.4. The number of likely N-dealkylation sites (tertiary alicyclic amines) is 1. The summed E-state index contributed by atoms with van der Waals surface area (Å²) in [6, 6.07) is 14.4. The number of amides is 1. The molecule has 2 aliphatic heterocycles. The number of hydrogen-bond acceptors (Lipinski definition) is 8. The molecular weight excluding hydrogens is 578 g/mol. The molecule has 0 spiro atoms. The van der Waals surface area contributed by atoms with Crippen LogP contribution in [0.4, 0.5) is 5.69 Å². The Balaban J connectivity index is 1.18. The minimum atomic E-state index is -0.00862. The number of pyridine rings is 2. The van der Waals surface area contributed by atoms with Gasteiger partial charge in [0.25, 0.3) is 5.91 Å². The van der Waals surface area contributed by atoms with Crippen molar-refractivity contribution in [3.05, 3.63) is 66.1 Å². The molecule has 9 rings (SSSR count). The highest BCUT2D eigenvalue weighted by Crippen LogP contribution is 2.43. The topological polar surface area (TPSA) is 131 Å². The van der Waals surface area contributed by atoms with Gasteiger partial charge in [-0.25, -0.2) is 9.97 Å². The first-order valence-electron chi connectivity index (χ1n) is 16.2. The summed E-state index contributed by atoms with van der Waals surface area (Å²) < 4.78 is 10.7. The molecule has 2 aliphatic carbocycles. The van der Waals surface area contributed by atoms with Crippen molar-refractivity contribution in [3.8, 4) is 23.3 Å². The van der Waals surface area contributed by atoms with E-state index in [2.05, 4.69) is 37.2 Å². The van der Waals surface area contributed by atoms with Gasteiger partial charge in [0.15, 0.2) is 5.82 Å². The molecule has 4 aliphatic rings. The smallest absolute Gasteiger partial charge is 0.254 e. The summed E-state index contributed by atoms with van der Waals surface area (Å²) in [6.45, 7) is 3.03. The molecule has 4 aromatic heterocycles. The largest absolute Gasteiger partial charge is 0.494 e. The number of imidazole rings is 1. The maximum absolute atomic E-state index is 13.9. The number of ether oxygens (including phenoxy) is 1. The van der Waals surface area contributed by atoms with Crippen molar-refractivity contribution in [3.63, 3.8) is 0 Å². The number of methoxy groups -OCH3 is 1. The van der Waals surface area contributed by atoms with Gasteiger partial charge in [0, 0.05) is 61.6 Å². The van der Waals surface area contributed by atoms with E-state index in [9.17, 15) is 10.1 Å². The number of anilines is 1. The van der Waals surface area contributed by atoms with Gasteiger partial charge in [0.2, 0.25) is 0 Å². The normalized spacial score (nSPS) is 22.5. The average Bonchev–Trinajstić information content (AvgIpc) is 3.41. The van der Waals surface area contributed by atoms with Crippen LogP contribution < -0.4 is 15.4 Å². The minimum Gasteiger partial charge on any atom is -0.494 e. The molecule has 1 amide bonds. The highest BCUT2D eigenvalue weighted by atomic mass is 16.5. The van der Waals surface area contributed by atoms with Crippen LogP contribution in [0.5, 0.6) is 5.75 Å². The van der Waals surface area contributed by atoms with E-state index in [1.165, 1.54) is 12.8 Å². The Labute approximate surface area is 266 Å². The molecule has 6 heterocycles. The van der Waals surface area contributed by atoms with Gasteiger partial charge in [0.05, 0.1) is 41.8 Å². The van der Waals surface area contributed by atoms with E-state index in [0.717, 1.165) is 58.7 Å². The molecule has 2 unspecified atom stereocenters. The molecule has 2 saturated carbocycles. The zero-order valence-electron chi connectivity index (χ0n) is 25.7. The summed E-state index contributed by atoms with van der Waals surface area (Å²) in [6.07, 6.45) is 9.72. The van der Waals surface area contributed by atoms with E-state index in [0.29, 0.717) is 48.3 Å². The lowest BCUT2D eigenvalue weighted by Crippen LogP contribution is -2.48. The van der Waals surface area contributed by atoms with Crippen LogP contribution in [0.3, 0.4) is 0 Å². The maximum Gasteiger partial charge on any atom is 0.254 e. The Morgan fingerprint density at radius 2 is 1.98 bits per heavy atom. The minimum absolute atomic E-state index is 0.00862. The van der Waals surface area contributed by atoms with Gasteiger partial charge >= 0.3 is 0 Å². The fraction of sp³-hybridized carbons (Fsp3) is 0.400. The van der Waals surface area contributed by atoms with E-state index in [1.807, 2.05) is 35.4 Å². The summed E-state index contributed by atoms with van der Waals surface area (Å²) in [4.78, 5) is 32.5. The predicted octanol–water partition coefficient (Wildman–Crippen LogP) is 4.36. The third-order valence-corrected chi connectivity index (χ3v) is 10.6. The van der Waals surface area contributed by atoms with Gasteiger partial charge in [-0.1, -0.05) is 0 Å². The standard InChI is InChI=1S/C35H35N9O2/c1-46-30-12-24(35(45)43-17-23-6-7-28(43)31(23)37)10-27-32(30)44(26-18-41(19-26)25-9-21(13-36)14-38-15-25)34(40-27)29-11-22-3-2-8-39-33(22)42(29)16-20-4-5-20/h2-3,8-12,14-15,20,23,26,28,31H,4-7,16-19,37H2,1H3/t23?,28?,31-/m1/s1. The summed E-state index contributed by atoms with van der Waals surface area (Å²) in [5.74, 6) is 2.47. The highest BCUT2D eigenvalue weighted by molar-refractivity contribution is 6.00. The van der Waals surface area contributed by atoms with Gasteiger partial charge in [-0.3, -0.25) is 9.78 Å². The maximum atomic E-state index is 13.9. The summed E-state index contributed by atoms with van der Waals surface area (Å²) in [5, 5.41) is 10.5. The number of hydrogen-bond donors (Lipinski definition) is 1. The van der Waals surface area contributed by atoms with Crippen molar-refractivity contribution in [2.24, 2.45) is 17.6 Å². The number of benzene rings is 1. The summed E-state index contributed by atoms with van der Waals surface area (Å²) >= 11 is 0. The van der Waals surface area contributed by atoms with Crippen molar-refractivity contribution >= 4 is 33.7 Å². The monoisotopic (exact) mass is 613 g/mol. The lowest BCUT2D eigenvalue weighted by atomic mass is 10.1. The molecule has 11 heteroatoms. The van der Waals surface area contributed by atoms with Gasteiger partial charge in [0.1, 0.15) is 23.0 Å². The number of nitrogens with zero attached hydrogens (tertiary/aromatic N) is 8. The van der Waals surface area contributed by atoms with Gasteiger partial charge in [-0.15, -0.1) is 0 Å². The van der Waals surface area contributed by atoms with E-state index in [1.54, 1.807) is 19.5 Å². The quantitative estimate of drug-likeness (QED) is 0.287. The Morgan fingerprint density at radius 1 is 1.11 bits per heavy atom. The second-order valence-corrected chi connectivity index (χ2v) is 13.4. The number of nitrogens with two attached hydrogens (primary N) is 1. The Kier molecular flexibility index (Phi) is 6.12. The Morgan fingerprint density at radius 3 is 2.72 bits per heavy atom. The molecule has 232 valence electrons. The third-order valence-electron chi connectivity index (χ3n) is 10.6. The fourth-order valence-corrected chi connectivity index (χ4v) is 7.96. The molecule has 3 atom stereocenters. The van der Waals surface area contributed by atoms with Gasteiger partial charge in [-0.05, 0) is 73.9 Å². The summed E-state index contributed by atoms with van der Waals surface area (Å²) in [7, 11) is 1.66. The number of nitriles is 1. The molecule has 1 aromatic carbocycles. The first-order chi connectivity index (χ1) is 22.5. The lowest BCUT2D eigenvalue weighted by Gasteiger charge is -2.42. The molecule has 11 nitrogen and oxygen atoms in total. The number of aromatic nitrogens is 5. The molecule has 4 fully saturated rings. The zero-order chi connectivity index (χ0) is 31.1. The van der Waals surface area contributed by atoms with Crippen molar-refractivity contribution in [2.45, 2.75) is 50.4 Å². The molecule has 46 heavy (non-hydrogen) atoms. The van der Waals surface area contributed by atoms with Crippen LogP contribution in [0.2, 0.25) is 0 Å². The average molecular weight is 614 g/mol. The van der Waals surface area contributed by atoms with Crippen LogP contribution >= 0.6 is 0 Å². The Hall–Kier alpha value is -4.95. The van der Waals surface area contributed by atoms with E-state index in [4.69, 9.17) is 20.4 Å². The number of carbonyl (C=O) groups excluding carboxylic acids is 1. The highest BCUT2D eigenvalue weighted by Gasteiger charge is 2.47. The number of fused-ring (bicyclic) bond motifs is 4. The van der Waals surface area contributed by atoms with Crippen molar-refractivity contribution in [2.75, 3.05) is 31.6 Å². The van der Waals surface area contributed by atoms with E-state index >= 15 is 0 Å². The van der Waals surface area contributed by atoms with Crippen LogP contribution in [0.25, 0.3) is 33.6 Å². The van der Waals surface area contributed by atoms with Gasteiger partial charge in [-0.2, -0.15) is 5.26 Å².